The summed E-state index contributed by atoms with van der Waals surface area (Å²) in [6, 6.07) is 0. The monoisotopic (exact) mass is 300 g/mol. The van der Waals surface area contributed by atoms with Crippen molar-refractivity contribution in [2.45, 2.75) is 65.2 Å². The van der Waals surface area contributed by atoms with Crippen molar-refractivity contribution in [1.82, 2.24) is 0 Å². The lowest BCUT2D eigenvalue weighted by atomic mass is 9.44. The predicted octanol–water partition coefficient (Wildman–Crippen LogP) is 4.96. The first-order chi connectivity index (χ1) is 10.3. The van der Waals surface area contributed by atoms with Crippen molar-refractivity contribution in [2.75, 3.05) is 0 Å². The van der Waals surface area contributed by atoms with Gasteiger partial charge in [0.2, 0.25) is 0 Å². The van der Waals surface area contributed by atoms with Gasteiger partial charge in [0, 0.05) is 0 Å². The summed E-state index contributed by atoms with van der Waals surface area (Å²) < 4.78 is 0. The normalized spacial score (nSPS) is 50.1. The van der Waals surface area contributed by atoms with E-state index in [4.69, 9.17) is 0 Å². The van der Waals surface area contributed by atoms with E-state index in [1.54, 1.807) is 5.57 Å². The second-order valence-corrected chi connectivity index (χ2v) is 8.95. The molecular formula is C20H28O2. The van der Waals surface area contributed by atoms with Gasteiger partial charge in [0.1, 0.15) is 0 Å². The summed E-state index contributed by atoms with van der Waals surface area (Å²) >= 11 is 0. The van der Waals surface area contributed by atoms with Crippen LogP contribution in [0.2, 0.25) is 0 Å². The van der Waals surface area contributed by atoms with Crippen molar-refractivity contribution < 1.29 is 9.90 Å². The third-order valence-corrected chi connectivity index (χ3v) is 7.90. The standard InChI is InChI=1S/C20H28O2/c1-13-11-20-10-7-15-18(2,16(20)6-5-14(13)12-20)8-4-9-19(15,3)17(21)22/h6,14-15H,1,4-5,7-12H2,2-3H3,(H,21,22)/t14-,15+,18-,19+,20-/m0/s1. The minimum absolute atomic E-state index is 0.0965. The number of fused-ring (bicyclic) bond motifs is 3. The minimum atomic E-state index is -0.579. The van der Waals surface area contributed by atoms with Crippen molar-refractivity contribution in [3.8, 4) is 0 Å². The van der Waals surface area contributed by atoms with E-state index in [0.717, 1.165) is 32.1 Å². The molecule has 120 valence electrons. The van der Waals surface area contributed by atoms with Gasteiger partial charge in [-0.1, -0.05) is 37.1 Å². The first-order valence-corrected chi connectivity index (χ1v) is 8.94. The minimum Gasteiger partial charge on any atom is -0.481 e. The summed E-state index contributed by atoms with van der Waals surface area (Å²) in [5.41, 5.74) is 2.96. The molecular weight excluding hydrogens is 272 g/mol. The van der Waals surface area contributed by atoms with Crippen molar-refractivity contribution in [2.24, 2.45) is 28.1 Å². The molecule has 0 radical (unpaired) electrons. The van der Waals surface area contributed by atoms with Crippen LogP contribution in [0, 0.1) is 28.1 Å². The van der Waals surface area contributed by atoms with Crippen molar-refractivity contribution in [3.05, 3.63) is 23.8 Å². The Hall–Kier alpha value is -1.05. The molecule has 1 N–H and O–H groups in total. The first kappa shape index (κ1) is 14.5. The Morgan fingerprint density at radius 2 is 2.09 bits per heavy atom. The van der Waals surface area contributed by atoms with Crippen LogP contribution in [0.1, 0.15) is 65.2 Å². The number of aliphatic carboxylic acids is 1. The molecule has 4 rings (SSSR count). The maximum absolute atomic E-state index is 12.0. The molecule has 0 aliphatic heterocycles. The average Bonchev–Trinajstić information content (AvgIpc) is 2.68. The highest BCUT2D eigenvalue weighted by atomic mass is 16.4. The molecule has 4 aliphatic carbocycles. The van der Waals surface area contributed by atoms with Crippen LogP contribution in [-0.2, 0) is 4.79 Å². The van der Waals surface area contributed by atoms with Crippen LogP contribution in [0.15, 0.2) is 23.8 Å². The Morgan fingerprint density at radius 3 is 2.82 bits per heavy atom. The Bertz CT molecular complexity index is 589. The molecule has 2 bridgehead atoms. The highest BCUT2D eigenvalue weighted by molar-refractivity contribution is 5.75. The summed E-state index contributed by atoms with van der Waals surface area (Å²) in [4.78, 5) is 12.0. The average molecular weight is 300 g/mol. The molecule has 0 aromatic heterocycles. The smallest absolute Gasteiger partial charge is 0.309 e. The van der Waals surface area contributed by atoms with E-state index in [1.807, 2.05) is 6.92 Å². The Labute approximate surface area is 133 Å². The summed E-state index contributed by atoms with van der Waals surface area (Å²) in [5.74, 6) is 0.413. The molecule has 5 atom stereocenters. The third kappa shape index (κ3) is 1.59. The highest BCUT2D eigenvalue weighted by Gasteiger charge is 2.62. The zero-order valence-corrected chi connectivity index (χ0v) is 14.0. The lowest BCUT2D eigenvalue weighted by Crippen LogP contribution is -2.54. The number of hydrogen-bond donors (Lipinski definition) is 1. The Morgan fingerprint density at radius 1 is 1.32 bits per heavy atom. The van der Waals surface area contributed by atoms with Gasteiger partial charge in [-0.2, -0.15) is 0 Å². The molecule has 22 heavy (non-hydrogen) atoms. The van der Waals surface area contributed by atoms with Gasteiger partial charge < -0.3 is 5.11 Å². The summed E-state index contributed by atoms with van der Waals surface area (Å²) in [7, 11) is 0. The van der Waals surface area contributed by atoms with Gasteiger partial charge in [-0.05, 0) is 74.5 Å². The van der Waals surface area contributed by atoms with E-state index < -0.39 is 11.4 Å². The summed E-state index contributed by atoms with van der Waals surface area (Å²) in [5, 5.41) is 9.89. The third-order valence-electron chi connectivity index (χ3n) is 7.90. The van der Waals surface area contributed by atoms with E-state index in [0.29, 0.717) is 17.3 Å². The van der Waals surface area contributed by atoms with Crippen molar-refractivity contribution in [1.29, 1.82) is 0 Å². The molecule has 3 fully saturated rings. The van der Waals surface area contributed by atoms with Crippen molar-refractivity contribution >= 4 is 5.97 Å². The molecule has 0 heterocycles. The second-order valence-electron chi connectivity index (χ2n) is 8.95. The number of rotatable bonds is 1. The van der Waals surface area contributed by atoms with E-state index >= 15 is 0 Å². The van der Waals surface area contributed by atoms with Crippen LogP contribution in [0.4, 0.5) is 0 Å². The molecule has 3 saturated carbocycles. The molecule has 2 nitrogen and oxygen atoms in total. The van der Waals surface area contributed by atoms with Crippen LogP contribution < -0.4 is 0 Å². The fourth-order valence-corrected chi connectivity index (χ4v) is 6.87. The zero-order chi connectivity index (χ0) is 15.8. The Kier molecular flexibility index (Phi) is 2.82. The lowest BCUT2D eigenvalue weighted by molar-refractivity contribution is -0.161. The number of allylic oxidation sites excluding steroid dienone is 3. The van der Waals surface area contributed by atoms with Crippen LogP contribution >= 0.6 is 0 Å². The van der Waals surface area contributed by atoms with E-state index in [2.05, 4.69) is 19.6 Å². The van der Waals surface area contributed by atoms with Gasteiger partial charge in [0.15, 0.2) is 0 Å². The van der Waals surface area contributed by atoms with Gasteiger partial charge in [-0.3, -0.25) is 4.79 Å². The number of carboxylic acid groups (broad SMARTS) is 1. The van der Waals surface area contributed by atoms with Crippen molar-refractivity contribution in [3.63, 3.8) is 0 Å². The second kappa shape index (κ2) is 4.27. The Balaban J connectivity index is 1.80. The van der Waals surface area contributed by atoms with E-state index in [-0.39, 0.29) is 5.41 Å². The quantitative estimate of drug-likeness (QED) is 0.695. The number of carbonyl (C=O) groups is 1. The summed E-state index contributed by atoms with van der Waals surface area (Å²) in [6.07, 6.45) is 11.4. The number of hydrogen-bond acceptors (Lipinski definition) is 1. The molecule has 0 aromatic carbocycles. The number of carboxylic acids is 1. The largest absolute Gasteiger partial charge is 0.481 e. The predicted molar refractivity (Wildman–Crippen MR) is 87.4 cm³/mol. The maximum atomic E-state index is 12.0. The maximum Gasteiger partial charge on any atom is 0.309 e. The molecule has 0 amide bonds. The summed E-state index contributed by atoms with van der Waals surface area (Å²) in [6.45, 7) is 8.73. The SMILES string of the molecule is C=C1C[C@]23CC[C@H]4[C@](C)(C(=O)O)CCC[C@]4(C)C2=CC[C@H]1C3. The van der Waals surface area contributed by atoms with Gasteiger partial charge >= 0.3 is 5.97 Å². The van der Waals surface area contributed by atoms with Gasteiger partial charge in [0.05, 0.1) is 5.41 Å². The van der Waals surface area contributed by atoms with E-state index in [9.17, 15) is 9.90 Å². The van der Waals surface area contributed by atoms with Crippen LogP contribution in [0.3, 0.4) is 0 Å². The topological polar surface area (TPSA) is 37.3 Å². The van der Waals surface area contributed by atoms with Gasteiger partial charge in [-0.25, -0.2) is 0 Å². The van der Waals surface area contributed by atoms with Gasteiger partial charge in [0.25, 0.3) is 0 Å². The van der Waals surface area contributed by atoms with Crippen LogP contribution in [0.5, 0.6) is 0 Å². The molecule has 2 heteroatoms. The fraction of sp³-hybridized carbons (Fsp3) is 0.750. The molecule has 0 aromatic rings. The fourth-order valence-electron chi connectivity index (χ4n) is 6.87. The van der Waals surface area contributed by atoms with E-state index in [1.165, 1.54) is 24.8 Å². The highest BCUT2D eigenvalue weighted by Crippen LogP contribution is 2.70. The molecule has 0 unspecified atom stereocenters. The van der Waals surface area contributed by atoms with Crippen LogP contribution in [0.25, 0.3) is 0 Å². The zero-order valence-electron chi connectivity index (χ0n) is 14.0. The lowest BCUT2D eigenvalue weighted by Gasteiger charge is -2.60. The first-order valence-electron chi connectivity index (χ1n) is 8.94. The molecule has 4 aliphatic rings. The van der Waals surface area contributed by atoms with Gasteiger partial charge in [-0.15, -0.1) is 0 Å². The van der Waals surface area contributed by atoms with Crippen LogP contribution in [-0.4, -0.2) is 11.1 Å². The molecule has 0 saturated heterocycles. The molecule has 1 spiro atoms.